The number of halogens is 1. The topological polar surface area (TPSA) is 56.7 Å². The molecule has 3 rings (SSSR count). The van der Waals surface area contributed by atoms with E-state index in [0.717, 1.165) is 24.2 Å². The van der Waals surface area contributed by atoms with Crippen LogP contribution in [-0.4, -0.2) is 15.0 Å². The lowest BCUT2D eigenvalue weighted by Crippen LogP contribution is -2.16. The largest absolute Gasteiger partial charge is 0.325 e. The molecule has 0 aliphatic heterocycles. The molecule has 1 aliphatic carbocycles. The van der Waals surface area contributed by atoms with E-state index in [2.05, 4.69) is 10.3 Å². The summed E-state index contributed by atoms with van der Waals surface area (Å²) in [4.78, 5) is 0. The summed E-state index contributed by atoms with van der Waals surface area (Å²) in [6.07, 6.45) is 6.07. The van der Waals surface area contributed by atoms with Crippen molar-refractivity contribution in [2.75, 3.05) is 0 Å². The van der Waals surface area contributed by atoms with Crippen molar-refractivity contribution >= 4 is 0 Å². The fraction of sp³-hybridized carbons (Fsp3) is 0.500. The number of rotatable bonds is 4. The molecule has 0 unspecified atom stereocenters. The van der Waals surface area contributed by atoms with Gasteiger partial charge in [-0.15, -0.1) is 5.10 Å². The monoisotopic (exact) mass is 288 g/mol. The summed E-state index contributed by atoms with van der Waals surface area (Å²) < 4.78 is 15.7. The van der Waals surface area contributed by atoms with E-state index in [1.165, 1.54) is 25.3 Å². The van der Waals surface area contributed by atoms with Crippen LogP contribution in [0.3, 0.4) is 0 Å². The summed E-state index contributed by atoms with van der Waals surface area (Å²) in [5.74, 6) is 0.260. The van der Waals surface area contributed by atoms with E-state index in [0.29, 0.717) is 24.6 Å². The molecule has 1 heterocycles. The van der Waals surface area contributed by atoms with Gasteiger partial charge in [-0.05, 0) is 18.9 Å². The van der Waals surface area contributed by atoms with Gasteiger partial charge in [0.15, 0.2) is 0 Å². The van der Waals surface area contributed by atoms with Crippen LogP contribution in [0.2, 0.25) is 0 Å². The van der Waals surface area contributed by atoms with Crippen LogP contribution in [0.1, 0.15) is 55.0 Å². The zero-order valence-electron chi connectivity index (χ0n) is 12.1. The van der Waals surface area contributed by atoms with Crippen LogP contribution in [0.4, 0.5) is 4.39 Å². The number of nitrogens with zero attached hydrogens (tertiary/aromatic N) is 3. The zero-order chi connectivity index (χ0) is 14.7. The summed E-state index contributed by atoms with van der Waals surface area (Å²) in [5.41, 5.74) is 8.42. The van der Waals surface area contributed by atoms with Gasteiger partial charge in [-0.3, -0.25) is 0 Å². The molecule has 1 fully saturated rings. The molecule has 1 aromatic heterocycles. The van der Waals surface area contributed by atoms with Crippen molar-refractivity contribution in [1.82, 2.24) is 15.0 Å². The van der Waals surface area contributed by atoms with Crippen LogP contribution in [-0.2, 0) is 13.1 Å². The molecular weight excluding hydrogens is 267 g/mol. The predicted octanol–water partition coefficient (Wildman–Crippen LogP) is 2.97. The Kier molecular flexibility index (Phi) is 4.29. The Morgan fingerprint density at radius 3 is 2.67 bits per heavy atom. The first-order valence-corrected chi connectivity index (χ1v) is 7.65. The van der Waals surface area contributed by atoms with E-state index in [9.17, 15) is 4.39 Å². The molecule has 112 valence electrons. The SMILES string of the molecule is NCc1nnn(Cc2ccccc2F)c1C1CCCCC1. The van der Waals surface area contributed by atoms with Crippen molar-refractivity contribution in [2.45, 2.75) is 51.1 Å². The van der Waals surface area contributed by atoms with Crippen LogP contribution in [0.15, 0.2) is 24.3 Å². The van der Waals surface area contributed by atoms with Gasteiger partial charge < -0.3 is 5.73 Å². The maximum absolute atomic E-state index is 13.9. The maximum atomic E-state index is 13.9. The third-order valence-electron chi connectivity index (χ3n) is 4.31. The highest BCUT2D eigenvalue weighted by Gasteiger charge is 2.24. The Balaban J connectivity index is 1.91. The first-order chi connectivity index (χ1) is 10.3. The highest BCUT2D eigenvalue weighted by atomic mass is 19.1. The van der Waals surface area contributed by atoms with Gasteiger partial charge in [-0.1, -0.05) is 42.7 Å². The molecule has 0 atom stereocenters. The Labute approximate surface area is 124 Å². The number of hydrogen-bond donors (Lipinski definition) is 1. The molecular formula is C16H21FN4. The normalized spacial score (nSPS) is 16.3. The van der Waals surface area contributed by atoms with E-state index < -0.39 is 0 Å². The molecule has 4 nitrogen and oxygen atoms in total. The highest BCUT2D eigenvalue weighted by molar-refractivity contribution is 5.21. The Morgan fingerprint density at radius 2 is 1.95 bits per heavy atom. The van der Waals surface area contributed by atoms with Crippen molar-refractivity contribution in [3.8, 4) is 0 Å². The van der Waals surface area contributed by atoms with Gasteiger partial charge in [-0.2, -0.15) is 0 Å². The lowest BCUT2D eigenvalue weighted by Gasteiger charge is -2.23. The molecule has 0 radical (unpaired) electrons. The first-order valence-electron chi connectivity index (χ1n) is 7.65. The smallest absolute Gasteiger partial charge is 0.128 e. The average molecular weight is 288 g/mol. The van der Waals surface area contributed by atoms with Gasteiger partial charge in [0.1, 0.15) is 5.82 Å². The second-order valence-electron chi connectivity index (χ2n) is 5.71. The van der Waals surface area contributed by atoms with E-state index in [-0.39, 0.29) is 5.82 Å². The fourth-order valence-corrected chi connectivity index (χ4v) is 3.23. The minimum Gasteiger partial charge on any atom is -0.325 e. The van der Waals surface area contributed by atoms with Gasteiger partial charge in [0, 0.05) is 18.0 Å². The molecule has 1 saturated carbocycles. The second-order valence-corrected chi connectivity index (χ2v) is 5.71. The lowest BCUT2D eigenvalue weighted by atomic mass is 9.86. The molecule has 0 amide bonds. The fourth-order valence-electron chi connectivity index (χ4n) is 3.23. The van der Waals surface area contributed by atoms with Gasteiger partial charge >= 0.3 is 0 Å². The van der Waals surface area contributed by atoms with Crippen molar-refractivity contribution in [3.05, 3.63) is 47.0 Å². The summed E-state index contributed by atoms with van der Waals surface area (Å²) in [6.45, 7) is 0.814. The van der Waals surface area contributed by atoms with Gasteiger partial charge in [0.25, 0.3) is 0 Å². The van der Waals surface area contributed by atoms with Gasteiger partial charge in [-0.25, -0.2) is 9.07 Å². The second kappa shape index (κ2) is 6.35. The number of benzene rings is 1. The van der Waals surface area contributed by atoms with Crippen LogP contribution >= 0.6 is 0 Å². The van der Waals surface area contributed by atoms with Crippen molar-refractivity contribution in [2.24, 2.45) is 5.73 Å². The summed E-state index contributed by atoms with van der Waals surface area (Å²) in [5, 5.41) is 8.42. The van der Waals surface area contributed by atoms with Crippen LogP contribution in [0, 0.1) is 5.82 Å². The minimum atomic E-state index is -0.197. The molecule has 21 heavy (non-hydrogen) atoms. The predicted molar refractivity (Wildman–Crippen MR) is 79.2 cm³/mol. The van der Waals surface area contributed by atoms with Crippen molar-refractivity contribution < 1.29 is 4.39 Å². The van der Waals surface area contributed by atoms with E-state index in [1.54, 1.807) is 12.1 Å². The zero-order valence-corrected chi connectivity index (χ0v) is 12.1. The van der Waals surface area contributed by atoms with Crippen LogP contribution < -0.4 is 5.73 Å². The molecule has 0 spiro atoms. The van der Waals surface area contributed by atoms with E-state index >= 15 is 0 Å². The Hall–Kier alpha value is -1.75. The molecule has 0 bridgehead atoms. The number of aromatic nitrogens is 3. The van der Waals surface area contributed by atoms with E-state index in [1.807, 2.05) is 10.7 Å². The summed E-state index contributed by atoms with van der Waals surface area (Å²) in [7, 11) is 0. The summed E-state index contributed by atoms with van der Waals surface area (Å²) >= 11 is 0. The number of nitrogens with two attached hydrogens (primary N) is 1. The highest BCUT2D eigenvalue weighted by Crippen LogP contribution is 2.34. The quantitative estimate of drug-likeness (QED) is 0.941. The molecule has 1 aliphatic rings. The molecule has 2 N–H and O–H groups in total. The van der Waals surface area contributed by atoms with Crippen molar-refractivity contribution in [3.63, 3.8) is 0 Å². The Bertz CT molecular complexity index is 602. The molecule has 1 aromatic carbocycles. The maximum Gasteiger partial charge on any atom is 0.128 e. The standard InChI is InChI=1S/C16H21FN4/c17-14-9-5-4-8-13(14)11-21-16(15(10-18)19-20-21)12-6-2-1-3-7-12/h4-5,8-9,12H,1-3,6-7,10-11,18H2. The third-order valence-corrected chi connectivity index (χ3v) is 4.31. The third kappa shape index (κ3) is 2.97. The average Bonchev–Trinajstić information content (AvgIpc) is 2.93. The van der Waals surface area contributed by atoms with Gasteiger partial charge in [0.2, 0.25) is 0 Å². The molecule has 2 aromatic rings. The Morgan fingerprint density at radius 1 is 1.19 bits per heavy atom. The molecule has 0 saturated heterocycles. The minimum absolute atomic E-state index is 0.197. The molecule has 5 heteroatoms. The van der Waals surface area contributed by atoms with Crippen molar-refractivity contribution in [1.29, 1.82) is 0 Å². The van der Waals surface area contributed by atoms with E-state index in [4.69, 9.17) is 5.73 Å². The first kappa shape index (κ1) is 14.2. The number of hydrogen-bond acceptors (Lipinski definition) is 3. The van der Waals surface area contributed by atoms with Crippen LogP contribution in [0.5, 0.6) is 0 Å². The lowest BCUT2D eigenvalue weighted by molar-refractivity contribution is 0.416. The van der Waals surface area contributed by atoms with Crippen LogP contribution in [0.25, 0.3) is 0 Å². The summed E-state index contributed by atoms with van der Waals surface area (Å²) in [6, 6.07) is 6.83. The van der Waals surface area contributed by atoms with Gasteiger partial charge in [0.05, 0.1) is 17.9 Å².